The van der Waals surface area contributed by atoms with E-state index in [2.05, 4.69) is 15.4 Å². The van der Waals surface area contributed by atoms with Crippen LogP contribution in [0.25, 0.3) is 0 Å². The van der Waals surface area contributed by atoms with Gasteiger partial charge in [0.1, 0.15) is 12.2 Å². The third kappa shape index (κ3) is 7.29. The first-order valence-electron chi connectivity index (χ1n) is 14.5. The molecule has 3 heterocycles. The lowest BCUT2D eigenvalue weighted by molar-refractivity contribution is -0.137. The topological polar surface area (TPSA) is 188 Å². The number of aromatic hydroxyl groups is 1. The zero-order chi connectivity index (χ0) is 36.1. The summed E-state index contributed by atoms with van der Waals surface area (Å²) in [5, 5.41) is 21.3. The first-order chi connectivity index (χ1) is 22.8. The first-order valence-corrected chi connectivity index (χ1v) is 18.3. The standard InChI is InChI=1S/C16H17N3O5S.C15H12F3NO4S/c1-9-10(15(20)11-8-17-19(2)16(11)21)4-5-13(25(3,22)23)14(9)12-6-7-24-18-12;1-24(21,22)12-6-9(15(16,17)18)4-5-10(12)13(20)11-7-19-23-14(11)8-2-3-8/h4-5,8,21H,6-7H2,1-3H3;4-8H,2-3H2,1H3. The quantitative estimate of drug-likeness (QED) is 0.254. The predicted octanol–water partition coefficient (Wildman–Crippen LogP) is 4.40. The molecule has 0 bridgehead atoms. The van der Waals surface area contributed by atoms with Crippen molar-refractivity contribution in [2.75, 3.05) is 19.1 Å². The highest BCUT2D eigenvalue weighted by Gasteiger charge is 2.36. The molecule has 0 radical (unpaired) electrons. The minimum Gasteiger partial charge on any atom is -0.493 e. The van der Waals surface area contributed by atoms with Gasteiger partial charge in [-0.05, 0) is 55.7 Å². The number of hydrogen-bond acceptors (Lipinski definition) is 12. The van der Waals surface area contributed by atoms with Crippen molar-refractivity contribution in [1.82, 2.24) is 14.9 Å². The summed E-state index contributed by atoms with van der Waals surface area (Å²) in [5.41, 5.74) is 0.302. The number of nitrogens with zero attached hydrogens (tertiary/aromatic N) is 4. The number of carbonyl (C=O) groups excluding carboxylic acids is 2. The van der Waals surface area contributed by atoms with Crippen LogP contribution in [-0.4, -0.2) is 73.3 Å². The molecule has 0 saturated heterocycles. The van der Waals surface area contributed by atoms with E-state index in [1.165, 1.54) is 36.3 Å². The number of alkyl halides is 3. The molecule has 13 nitrogen and oxygen atoms in total. The number of oxime groups is 1. The minimum absolute atomic E-state index is 0.0441. The molecule has 1 saturated carbocycles. The molecule has 18 heteroatoms. The van der Waals surface area contributed by atoms with E-state index in [9.17, 15) is 44.7 Å². The summed E-state index contributed by atoms with van der Waals surface area (Å²) in [6.45, 7) is 2.02. The van der Waals surface area contributed by atoms with Gasteiger partial charge in [0.2, 0.25) is 5.88 Å². The van der Waals surface area contributed by atoms with E-state index in [0.717, 1.165) is 31.4 Å². The average Bonchev–Trinajstić information content (AvgIpc) is 3.36. The van der Waals surface area contributed by atoms with E-state index >= 15 is 0 Å². The zero-order valence-electron chi connectivity index (χ0n) is 26.4. The van der Waals surface area contributed by atoms with Gasteiger partial charge in [0, 0.05) is 48.6 Å². The van der Waals surface area contributed by atoms with Gasteiger partial charge < -0.3 is 14.5 Å². The Hall–Kier alpha value is -4.84. The zero-order valence-corrected chi connectivity index (χ0v) is 28.0. The van der Waals surface area contributed by atoms with Crippen molar-refractivity contribution in [2.24, 2.45) is 12.2 Å². The summed E-state index contributed by atoms with van der Waals surface area (Å²) in [4.78, 5) is 29.9. The van der Waals surface area contributed by atoms with Crippen LogP contribution in [0.3, 0.4) is 0 Å². The van der Waals surface area contributed by atoms with Gasteiger partial charge in [-0.15, -0.1) is 0 Å². The lowest BCUT2D eigenvalue weighted by atomic mass is 9.93. The van der Waals surface area contributed by atoms with Crippen LogP contribution in [0.1, 0.15) is 79.5 Å². The molecular weight excluding hydrogens is 693 g/mol. The van der Waals surface area contributed by atoms with Crippen LogP contribution >= 0.6 is 0 Å². The highest BCUT2D eigenvalue weighted by molar-refractivity contribution is 7.91. The van der Waals surface area contributed by atoms with Gasteiger partial charge >= 0.3 is 6.18 Å². The third-order valence-electron chi connectivity index (χ3n) is 7.86. The summed E-state index contributed by atoms with van der Waals surface area (Å²) in [7, 11) is -6.04. The van der Waals surface area contributed by atoms with Gasteiger partial charge in [0.25, 0.3) is 0 Å². The molecule has 0 spiro atoms. The molecule has 1 aliphatic carbocycles. The van der Waals surface area contributed by atoms with Crippen LogP contribution in [0.2, 0.25) is 0 Å². The summed E-state index contributed by atoms with van der Waals surface area (Å²) in [6, 6.07) is 4.88. The van der Waals surface area contributed by atoms with Crippen molar-refractivity contribution in [3.8, 4) is 5.88 Å². The molecule has 49 heavy (non-hydrogen) atoms. The Kier molecular flexibility index (Phi) is 9.33. The fourth-order valence-electron chi connectivity index (χ4n) is 5.22. The van der Waals surface area contributed by atoms with Crippen LogP contribution in [0, 0.1) is 6.92 Å². The molecule has 2 aliphatic rings. The molecular formula is C31H29F3N4O9S2. The van der Waals surface area contributed by atoms with Crippen molar-refractivity contribution in [3.05, 3.63) is 87.4 Å². The second-order valence-corrected chi connectivity index (χ2v) is 15.5. The Morgan fingerprint density at radius 3 is 2.08 bits per heavy atom. The maximum absolute atomic E-state index is 12.8. The average molecular weight is 723 g/mol. The number of sulfone groups is 2. The van der Waals surface area contributed by atoms with E-state index in [1.807, 2.05) is 0 Å². The number of hydrogen-bond donors (Lipinski definition) is 1. The van der Waals surface area contributed by atoms with Crippen LogP contribution in [0.4, 0.5) is 13.2 Å². The van der Waals surface area contributed by atoms with Crippen LogP contribution < -0.4 is 0 Å². The number of halogens is 3. The maximum atomic E-state index is 12.8. The van der Waals surface area contributed by atoms with Gasteiger partial charge in [-0.2, -0.15) is 18.3 Å². The third-order valence-corrected chi connectivity index (χ3v) is 10.1. The second-order valence-electron chi connectivity index (χ2n) is 11.5. The van der Waals surface area contributed by atoms with E-state index in [4.69, 9.17) is 9.36 Å². The van der Waals surface area contributed by atoms with Gasteiger partial charge in [-0.25, -0.2) is 21.5 Å². The predicted molar refractivity (Wildman–Crippen MR) is 166 cm³/mol. The fraction of sp³-hybridized carbons (Fsp3) is 0.323. The number of ketones is 2. The maximum Gasteiger partial charge on any atom is 0.416 e. The Balaban J connectivity index is 0.000000191. The van der Waals surface area contributed by atoms with Crippen molar-refractivity contribution in [2.45, 2.75) is 48.1 Å². The van der Waals surface area contributed by atoms with Gasteiger partial charge in [-0.3, -0.25) is 9.59 Å². The highest BCUT2D eigenvalue weighted by Crippen LogP contribution is 2.42. The molecule has 2 aromatic carbocycles. The summed E-state index contributed by atoms with van der Waals surface area (Å²) in [5.74, 6) is -1.02. The molecule has 1 fully saturated rings. The monoisotopic (exact) mass is 722 g/mol. The molecule has 4 aromatic rings. The number of rotatable bonds is 8. The van der Waals surface area contributed by atoms with Gasteiger partial charge in [-0.1, -0.05) is 10.3 Å². The second kappa shape index (κ2) is 12.9. The molecule has 0 atom stereocenters. The van der Waals surface area contributed by atoms with Crippen molar-refractivity contribution in [3.63, 3.8) is 0 Å². The number of carbonyl (C=O) groups is 2. The van der Waals surface area contributed by atoms with Crippen LogP contribution in [0.5, 0.6) is 5.88 Å². The summed E-state index contributed by atoms with van der Waals surface area (Å²) >= 11 is 0. The van der Waals surface area contributed by atoms with Crippen LogP contribution in [-0.2, 0) is 37.7 Å². The molecule has 1 aliphatic heterocycles. The van der Waals surface area contributed by atoms with E-state index in [0.29, 0.717) is 47.8 Å². The Morgan fingerprint density at radius 2 is 1.55 bits per heavy atom. The van der Waals surface area contributed by atoms with E-state index in [1.54, 1.807) is 6.92 Å². The lowest BCUT2D eigenvalue weighted by Gasteiger charge is -2.14. The molecule has 0 unspecified atom stereocenters. The smallest absolute Gasteiger partial charge is 0.416 e. The molecule has 260 valence electrons. The lowest BCUT2D eigenvalue weighted by Crippen LogP contribution is -2.14. The van der Waals surface area contributed by atoms with Crippen molar-refractivity contribution >= 4 is 37.0 Å². The molecule has 1 N–H and O–H groups in total. The Labute approximate surface area is 278 Å². The summed E-state index contributed by atoms with van der Waals surface area (Å²) < 4.78 is 92.8. The van der Waals surface area contributed by atoms with Gasteiger partial charge in [0.05, 0.1) is 39.0 Å². The Morgan fingerprint density at radius 1 is 0.918 bits per heavy atom. The normalized spacial score (nSPS) is 14.9. The molecule has 2 aromatic heterocycles. The minimum atomic E-state index is -4.71. The van der Waals surface area contributed by atoms with Crippen molar-refractivity contribution in [1.29, 1.82) is 0 Å². The molecule has 6 rings (SSSR count). The number of benzene rings is 2. The molecule has 0 amide bonds. The van der Waals surface area contributed by atoms with Gasteiger partial charge in [0.15, 0.2) is 37.0 Å². The van der Waals surface area contributed by atoms with E-state index in [-0.39, 0.29) is 38.9 Å². The van der Waals surface area contributed by atoms with Crippen molar-refractivity contribution < 1.29 is 54.1 Å². The Bertz CT molecular complexity index is 2240. The van der Waals surface area contributed by atoms with Crippen LogP contribution in [0.15, 0.2) is 62.2 Å². The fourth-order valence-corrected chi connectivity index (χ4v) is 7.07. The highest BCUT2D eigenvalue weighted by atomic mass is 32.2. The first kappa shape index (κ1) is 35.5. The van der Waals surface area contributed by atoms with E-state index < -0.39 is 47.9 Å². The summed E-state index contributed by atoms with van der Waals surface area (Å²) in [6.07, 6.45) is 1.70. The number of aryl methyl sites for hydroxylation is 1. The SMILES string of the molecule is CS(=O)(=O)c1cc(C(F)(F)F)ccc1C(=O)c1cnoc1C1CC1.Cc1c(C(=O)c2cnn(C)c2O)ccc(S(C)(=O)=O)c1C1=NOCC1. The largest absolute Gasteiger partial charge is 0.493 e. The number of aromatic nitrogens is 3.